The summed E-state index contributed by atoms with van der Waals surface area (Å²) in [6.07, 6.45) is 2.38. The fourth-order valence-electron chi connectivity index (χ4n) is 7.10. The van der Waals surface area contributed by atoms with E-state index < -0.39 is 34.6 Å². The molecule has 2 aromatic rings. The van der Waals surface area contributed by atoms with Gasteiger partial charge in [0.1, 0.15) is 0 Å². The van der Waals surface area contributed by atoms with E-state index in [9.17, 15) is 28.2 Å². The van der Waals surface area contributed by atoms with E-state index in [-0.39, 0.29) is 11.5 Å². The van der Waals surface area contributed by atoms with Crippen LogP contribution in [0.25, 0.3) is 0 Å². The predicted molar refractivity (Wildman–Crippen MR) is 156 cm³/mol. The van der Waals surface area contributed by atoms with E-state index in [1.807, 2.05) is 19.2 Å². The molecule has 0 spiro atoms. The Kier molecular flexibility index (Phi) is 9.52. The van der Waals surface area contributed by atoms with Gasteiger partial charge >= 0.3 is 6.18 Å². The molecule has 4 atom stereocenters. The quantitative estimate of drug-likeness (QED) is 0.282. The number of fused-ring (bicyclic) bond motifs is 8. The molecule has 4 unspecified atom stereocenters. The van der Waals surface area contributed by atoms with E-state index in [2.05, 4.69) is 31.7 Å². The fourth-order valence-corrected chi connectivity index (χ4v) is 7.10. The van der Waals surface area contributed by atoms with E-state index in [1.165, 1.54) is 17.7 Å². The number of benzene rings is 2. The number of carbonyl (C=O) groups excluding carboxylic acids is 1. The van der Waals surface area contributed by atoms with Crippen LogP contribution >= 0.6 is 0 Å². The second-order valence-electron chi connectivity index (χ2n) is 12.6. The molecular formula is C34H44F3NO3. The normalized spacial score (nSPS) is 27.4. The number of nitrogens with zero attached hydrogens (tertiary/aromatic N) is 1. The lowest BCUT2D eigenvalue weighted by molar-refractivity contribution is -0.137. The summed E-state index contributed by atoms with van der Waals surface area (Å²) in [6, 6.07) is 10.2. The maximum atomic E-state index is 14.0. The Morgan fingerprint density at radius 2 is 1.88 bits per heavy atom. The van der Waals surface area contributed by atoms with Gasteiger partial charge in [0.25, 0.3) is 0 Å². The lowest BCUT2D eigenvalue weighted by Crippen LogP contribution is -2.51. The van der Waals surface area contributed by atoms with Crippen molar-refractivity contribution >= 4 is 5.78 Å². The summed E-state index contributed by atoms with van der Waals surface area (Å²) in [5, 5.41) is 23.0. The van der Waals surface area contributed by atoms with Crippen LogP contribution in [0, 0.1) is 5.41 Å². The van der Waals surface area contributed by atoms with Crippen LogP contribution in [0.3, 0.4) is 0 Å². The van der Waals surface area contributed by atoms with Crippen molar-refractivity contribution < 1.29 is 28.2 Å². The summed E-state index contributed by atoms with van der Waals surface area (Å²) in [5.41, 5.74) is 0.662. The van der Waals surface area contributed by atoms with Crippen molar-refractivity contribution in [1.29, 1.82) is 0 Å². The molecule has 5 rings (SSSR count). The molecule has 0 heterocycles. The van der Waals surface area contributed by atoms with E-state index >= 15 is 0 Å². The first kappa shape index (κ1) is 31.5. The molecule has 2 N–H and O–H groups in total. The zero-order chi connectivity index (χ0) is 30.0. The monoisotopic (exact) mass is 571 g/mol. The van der Waals surface area contributed by atoms with Crippen molar-refractivity contribution in [2.45, 2.75) is 95.9 Å². The number of hydrogen-bond donors (Lipinski definition) is 2. The standard InChI is InChI=1S/C34H44F3NO3/c1-5-18-38(4)22-33(41)17-15-30-28-14-12-24(19-27(39)13-11-23(2)8-7-16-32(30,33)3)20-29(28)31(40)25-9-6-10-26(21-25)34(35,36)37/h6,8-10,12,14,20-21,27,30,39,41H,5,7,11,13,15-19,22H2,1-4H3. The second kappa shape index (κ2) is 12.4. The van der Waals surface area contributed by atoms with Crippen molar-refractivity contribution in [3.63, 3.8) is 0 Å². The average molecular weight is 572 g/mol. The Bertz CT molecular complexity index is 1270. The Labute approximate surface area is 242 Å². The summed E-state index contributed by atoms with van der Waals surface area (Å²) in [7, 11) is 2.02. The van der Waals surface area contributed by atoms with Gasteiger partial charge in [0.05, 0.1) is 17.3 Å². The smallest absolute Gasteiger partial charge is 0.393 e. The molecule has 0 amide bonds. The first-order valence-electron chi connectivity index (χ1n) is 14.9. The summed E-state index contributed by atoms with van der Waals surface area (Å²) in [6.45, 7) is 7.68. The average Bonchev–Trinajstić information content (AvgIpc) is 3.15. The molecule has 224 valence electrons. The number of allylic oxidation sites excluding steroid dienone is 2. The van der Waals surface area contributed by atoms with Gasteiger partial charge < -0.3 is 15.1 Å². The van der Waals surface area contributed by atoms with Crippen LogP contribution in [0.4, 0.5) is 13.2 Å². The predicted octanol–water partition coefficient (Wildman–Crippen LogP) is 7.32. The molecule has 3 aliphatic rings. The number of aliphatic hydroxyl groups is 2. The van der Waals surface area contributed by atoms with E-state index in [4.69, 9.17) is 0 Å². The highest BCUT2D eigenvalue weighted by Gasteiger charge is 2.57. The number of ketones is 1. The SMILES string of the molecule is CCCN(C)CC1(O)CCC2c3ccc(cc3C(=O)c3cccc(C(F)(F)F)c3)CC(O)CCC(C)=CCCC21C. The van der Waals surface area contributed by atoms with Gasteiger partial charge in [-0.25, -0.2) is 0 Å². The minimum absolute atomic E-state index is 0.0175. The fraction of sp³-hybridized carbons (Fsp3) is 0.559. The van der Waals surface area contributed by atoms with Crippen LogP contribution in [-0.2, 0) is 12.6 Å². The zero-order valence-corrected chi connectivity index (χ0v) is 24.7. The van der Waals surface area contributed by atoms with Crippen LogP contribution in [0.15, 0.2) is 54.1 Å². The number of aliphatic hydroxyl groups excluding tert-OH is 1. The van der Waals surface area contributed by atoms with Gasteiger partial charge in [0.15, 0.2) is 5.78 Å². The molecule has 1 fully saturated rings. The van der Waals surface area contributed by atoms with E-state index in [0.717, 1.165) is 49.1 Å². The Hall–Kier alpha value is -2.48. The number of alkyl halides is 3. The van der Waals surface area contributed by atoms with Crippen LogP contribution < -0.4 is 0 Å². The van der Waals surface area contributed by atoms with Crippen LogP contribution in [0.5, 0.6) is 0 Å². The number of carbonyl (C=O) groups is 1. The highest BCUT2D eigenvalue weighted by molar-refractivity contribution is 6.10. The molecule has 0 aliphatic heterocycles. The molecule has 7 heteroatoms. The van der Waals surface area contributed by atoms with Crippen molar-refractivity contribution in [3.05, 3.63) is 81.9 Å². The van der Waals surface area contributed by atoms with Crippen molar-refractivity contribution in [2.24, 2.45) is 5.41 Å². The highest BCUT2D eigenvalue weighted by atomic mass is 19.4. The number of hydrogen-bond acceptors (Lipinski definition) is 4. The molecule has 0 radical (unpaired) electrons. The minimum atomic E-state index is -4.56. The molecule has 2 bridgehead atoms. The van der Waals surface area contributed by atoms with Gasteiger partial charge in [-0.2, -0.15) is 13.2 Å². The van der Waals surface area contributed by atoms with Gasteiger partial charge in [-0.3, -0.25) is 4.79 Å². The summed E-state index contributed by atoms with van der Waals surface area (Å²) in [4.78, 5) is 16.2. The van der Waals surface area contributed by atoms with Crippen molar-refractivity contribution in [3.8, 4) is 0 Å². The molecule has 0 aromatic heterocycles. The third kappa shape index (κ3) is 6.79. The third-order valence-electron chi connectivity index (χ3n) is 9.51. The third-order valence-corrected chi connectivity index (χ3v) is 9.51. The maximum Gasteiger partial charge on any atom is 0.416 e. The first-order valence-corrected chi connectivity index (χ1v) is 14.9. The minimum Gasteiger partial charge on any atom is -0.393 e. The van der Waals surface area contributed by atoms with Gasteiger partial charge in [0.2, 0.25) is 0 Å². The lowest BCUT2D eigenvalue weighted by Gasteiger charge is -2.45. The molecule has 41 heavy (non-hydrogen) atoms. The van der Waals surface area contributed by atoms with Crippen LogP contribution in [0.1, 0.15) is 104 Å². The van der Waals surface area contributed by atoms with Crippen LogP contribution in [-0.4, -0.2) is 52.7 Å². The maximum absolute atomic E-state index is 14.0. The topological polar surface area (TPSA) is 60.8 Å². The van der Waals surface area contributed by atoms with Gasteiger partial charge in [0, 0.05) is 23.1 Å². The molecule has 4 nitrogen and oxygen atoms in total. The number of rotatable bonds is 6. The number of likely N-dealkylation sites (N-methyl/N-ethyl adjacent to an activating group) is 1. The van der Waals surface area contributed by atoms with E-state index in [1.54, 1.807) is 6.07 Å². The molecule has 1 saturated carbocycles. The highest BCUT2D eigenvalue weighted by Crippen LogP contribution is 2.58. The van der Waals surface area contributed by atoms with Gasteiger partial charge in [-0.05, 0) is 107 Å². The summed E-state index contributed by atoms with van der Waals surface area (Å²) in [5.74, 6) is -0.630. The Morgan fingerprint density at radius 3 is 2.59 bits per heavy atom. The molecule has 0 saturated heterocycles. The van der Waals surface area contributed by atoms with Gasteiger partial charge in [-0.1, -0.05) is 49.8 Å². The summed E-state index contributed by atoms with van der Waals surface area (Å²) < 4.78 is 40.6. The first-order chi connectivity index (χ1) is 19.3. The van der Waals surface area contributed by atoms with Crippen LogP contribution in [0.2, 0.25) is 0 Å². The van der Waals surface area contributed by atoms with Crippen molar-refractivity contribution in [2.75, 3.05) is 20.1 Å². The lowest BCUT2D eigenvalue weighted by atomic mass is 9.64. The zero-order valence-electron chi connectivity index (χ0n) is 24.7. The Morgan fingerprint density at radius 1 is 1.12 bits per heavy atom. The van der Waals surface area contributed by atoms with Crippen molar-refractivity contribution in [1.82, 2.24) is 4.90 Å². The second-order valence-corrected chi connectivity index (χ2v) is 12.6. The number of halogens is 3. The summed E-state index contributed by atoms with van der Waals surface area (Å²) >= 11 is 0. The van der Waals surface area contributed by atoms with E-state index in [0.29, 0.717) is 44.2 Å². The molecular weight excluding hydrogens is 527 g/mol. The largest absolute Gasteiger partial charge is 0.416 e. The van der Waals surface area contributed by atoms with Gasteiger partial charge in [-0.15, -0.1) is 0 Å². The molecule has 2 aromatic carbocycles. The molecule has 3 aliphatic carbocycles. The Balaban J connectivity index is 1.85.